The molecule has 2 N–H and O–H groups in total. The Labute approximate surface area is 146 Å². The molecule has 0 radical (unpaired) electrons. The molecule has 0 saturated carbocycles. The van der Waals surface area contributed by atoms with Crippen LogP contribution in [0.4, 0.5) is 0 Å². The van der Waals surface area contributed by atoms with Crippen LogP contribution >= 0.6 is 11.6 Å². The summed E-state index contributed by atoms with van der Waals surface area (Å²) in [4.78, 5) is 17.7. The lowest BCUT2D eigenvalue weighted by molar-refractivity contribution is 0.0937. The number of aromatic nitrogens is 1. The van der Waals surface area contributed by atoms with E-state index in [0.717, 1.165) is 10.9 Å². The van der Waals surface area contributed by atoms with E-state index in [0.29, 0.717) is 17.3 Å². The lowest BCUT2D eigenvalue weighted by Crippen LogP contribution is -2.34. The molecule has 0 spiro atoms. The second-order valence-corrected chi connectivity index (χ2v) is 6.45. The van der Waals surface area contributed by atoms with Crippen molar-refractivity contribution in [2.24, 2.45) is 0 Å². The zero-order valence-corrected chi connectivity index (χ0v) is 14.5. The van der Waals surface area contributed by atoms with Gasteiger partial charge < -0.3 is 15.2 Å². The molecule has 0 aliphatic rings. The van der Waals surface area contributed by atoms with Crippen molar-refractivity contribution in [2.75, 3.05) is 20.6 Å². The number of aromatic amines is 1. The van der Waals surface area contributed by atoms with Crippen molar-refractivity contribution in [3.8, 4) is 0 Å². The summed E-state index contributed by atoms with van der Waals surface area (Å²) < 4.78 is 0. The number of carbonyl (C=O) groups is 1. The smallest absolute Gasteiger partial charge is 0.267 e. The van der Waals surface area contributed by atoms with Crippen molar-refractivity contribution in [1.82, 2.24) is 15.2 Å². The van der Waals surface area contributed by atoms with Gasteiger partial charge in [-0.15, -0.1) is 0 Å². The van der Waals surface area contributed by atoms with Gasteiger partial charge in [0.05, 0.1) is 6.04 Å². The van der Waals surface area contributed by atoms with Crippen LogP contribution in [0.1, 0.15) is 22.1 Å². The molecular formula is C19H20ClN3O. The number of nitrogens with one attached hydrogen (secondary N) is 2. The van der Waals surface area contributed by atoms with E-state index in [1.165, 1.54) is 5.56 Å². The molecule has 0 saturated heterocycles. The van der Waals surface area contributed by atoms with Crippen LogP contribution in [0.3, 0.4) is 0 Å². The number of nitrogens with zero attached hydrogens (tertiary/aromatic N) is 1. The highest BCUT2D eigenvalue weighted by Crippen LogP contribution is 2.20. The first-order valence-corrected chi connectivity index (χ1v) is 8.20. The molecule has 1 aromatic heterocycles. The molecule has 24 heavy (non-hydrogen) atoms. The number of carbonyl (C=O) groups excluding carboxylic acids is 1. The fourth-order valence-electron chi connectivity index (χ4n) is 2.78. The lowest BCUT2D eigenvalue weighted by Gasteiger charge is -2.25. The second-order valence-electron chi connectivity index (χ2n) is 6.01. The van der Waals surface area contributed by atoms with Crippen LogP contribution in [-0.2, 0) is 0 Å². The Morgan fingerprint density at radius 2 is 1.92 bits per heavy atom. The predicted octanol–water partition coefficient (Wildman–Crippen LogP) is 3.85. The van der Waals surface area contributed by atoms with Crippen molar-refractivity contribution in [1.29, 1.82) is 0 Å². The third-order valence-electron chi connectivity index (χ3n) is 4.09. The number of hydrogen-bond acceptors (Lipinski definition) is 2. The molecule has 124 valence electrons. The van der Waals surface area contributed by atoms with E-state index in [2.05, 4.69) is 27.3 Å². The molecule has 3 aromatic rings. The molecule has 1 atom stereocenters. The number of fused-ring (bicyclic) bond motifs is 1. The molecule has 2 aromatic carbocycles. The number of likely N-dealkylation sites (N-methyl/N-ethyl adjacent to an activating group) is 1. The summed E-state index contributed by atoms with van der Waals surface area (Å²) in [5, 5.41) is 4.63. The minimum Gasteiger partial charge on any atom is -0.350 e. The van der Waals surface area contributed by atoms with Gasteiger partial charge in [-0.1, -0.05) is 48.0 Å². The monoisotopic (exact) mass is 341 g/mol. The van der Waals surface area contributed by atoms with Gasteiger partial charge in [0.2, 0.25) is 0 Å². The molecule has 5 heteroatoms. The lowest BCUT2D eigenvalue weighted by atomic mass is 10.1. The largest absolute Gasteiger partial charge is 0.350 e. The summed E-state index contributed by atoms with van der Waals surface area (Å²) in [6.07, 6.45) is 0. The van der Waals surface area contributed by atoms with E-state index < -0.39 is 0 Å². The van der Waals surface area contributed by atoms with Gasteiger partial charge in [0.25, 0.3) is 5.91 Å². The Kier molecular flexibility index (Phi) is 4.88. The Bertz CT molecular complexity index is 842. The van der Waals surface area contributed by atoms with E-state index in [4.69, 9.17) is 11.6 Å². The maximum Gasteiger partial charge on any atom is 0.267 e. The van der Waals surface area contributed by atoms with Gasteiger partial charge in [-0.3, -0.25) is 4.79 Å². The van der Waals surface area contributed by atoms with Gasteiger partial charge in [0, 0.05) is 22.5 Å². The van der Waals surface area contributed by atoms with Crippen molar-refractivity contribution in [3.63, 3.8) is 0 Å². The van der Waals surface area contributed by atoms with E-state index in [-0.39, 0.29) is 11.9 Å². The zero-order chi connectivity index (χ0) is 17.1. The van der Waals surface area contributed by atoms with Crippen LogP contribution < -0.4 is 5.32 Å². The highest BCUT2D eigenvalue weighted by atomic mass is 35.5. The first kappa shape index (κ1) is 16.6. The molecule has 0 aliphatic heterocycles. The summed E-state index contributed by atoms with van der Waals surface area (Å²) in [7, 11) is 4.02. The summed E-state index contributed by atoms with van der Waals surface area (Å²) >= 11 is 5.99. The van der Waals surface area contributed by atoms with Gasteiger partial charge in [0.1, 0.15) is 5.69 Å². The second kappa shape index (κ2) is 7.07. The molecule has 1 unspecified atom stereocenters. The maximum atomic E-state index is 12.5. The highest BCUT2D eigenvalue weighted by molar-refractivity contribution is 6.31. The number of hydrogen-bond donors (Lipinski definition) is 2. The topological polar surface area (TPSA) is 48.1 Å². The van der Waals surface area contributed by atoms with Crippen molar-refractivity contribution < 1.29 is 4.79 Å². The standard InChI is InChI=1S/C19H20ClN3O/c1-23(2)18(13-6-4-3-5-7-13)12-21-19(24)17-10-14-8-9-15(20)11-16(14)22-17/h3-11,18,22H,12H2,1-2H3,(H,21,24). The van der Waals surface area contributed by atoms with Gasteiger partial charge in [-0.25, -0.2) is 0 Å². The van der Waals surface area contributed by atoms with Crippen LogP contribution in [0.2, 0.25) is 5.02 Å². The summed E-state index contributed by atoms with van der Waals surface area (Å²) in [6.45, 7) is 0.534. The molecule has 1 amide bonds. The first-order chi connectivity index (χ1) is 11.5. The fourth-order valence-corrected chi connectivity index (χ4v) is 2.95. The van der Waals surface area contributed by atoms with Crippen molar-refractivity contribution in [3.05, 3.63) is 70.9 Å². The summed E-state index contributed by atoms with van der Waals surface area (Å²) in [6, 6.07) is 17.6. The normalized spacial score (nSPS) is 12.5. The van der Waals surface area contributed by atoms with Gasteiger partial charge >= 0.3 is 0 Å². The number of halogens is 1. The van der Waals surface area contributed by atoms with Gasteiger partial charge in [0.15, 0.2) is 0 Å². The Morgan fingerprint density at radius 3 is 2.62 bits per heavy atom. The SMILES string of the molecule is CN(C)C(CNC(=O)c1cc2ccc(Cl)cc2[nH]1)c1ccccc1. The van der Waals surface area contributed by atoms with E-state index in [9.17, 15) is 4.79 Å². The van der Waals surface area contributed by atoms with Crippen LogP contribution in [0, 0.1) is 0 Å². The van der Waals surface area contributed by atoms with Crippen LogP contribution in [0.15, 0.2) is 54.6 Å². The first-order valence-electron chi connectivity index (χ1n) is 7.82. The third-order valence-corrected chi connectivity index (χ3v) is 4.33. The van der Waals surface area contributed by atoms with Crippen LogP contribution in [0.25, 0.3) is 10.9 Å². The molecule has 0 aliphatic carbocycles. The Morgan fingerprint density at radius 1 is 1.17 bits per heavy atom. The fraction of sp³-hybridized carbons (Fsp3) is 0.211. The average Bonchev–Trinajstić information content (AvgIpc) is 2.98. The van der Waals surface area contributed by atoms with E-state index in [1.807, 2.05) is 56.6 Å². The highest BCUT2D eigenvalue weighted by Gasteiger charge is 2.16. The molecular weight excluding hydrogens is 322 g/mol. The van der Waals surface area contributed by atoms with Crippen LogP contribution in [0.5, 0.6) is 0 Å². The minimum atomic E-state index is -0.120. The summed E-state index contributed by atoms with van der Waals surface area (Å²) in [5.74, 6) is -0.120. The van der Waals surface area contributed by atoms with E-state index in [1.54, 1.807) is 0 Å². The molecule has 0 fully saturated rings. The minimum absolute atomic E-state index is 0.119. The zero-order valence-electron chi connectivity index (χ0n) is 13.7. The molecule has 1 heterocycles. The quantitative estimate of drug-likeness (QED) is 0.740. The van der Waals surface area contributed by atoms with Crippen LogP contribution in [-0.4, -0.2) is 36.4 Å². The van der Waals surface area contributed by atoms with Crippen molar-refractivity contribution >= 4 is 28.4 Å². The Balaban J connectivity index is 1.73. The summed E-state index contributed by atoms with van der Waals surface area (Å²) in [5.41, 5.74) is 2.57. The molecule has 3 rings (SSSR count). The van der Waals surface area contributed by atoms with Gasteiger partial charge in [-0.2, -0.15) is 0 Å². The number of benzene rings is 2. The number of amides is 1. The van der Waals surface area contributed by atoms with Gasteiger partial charge in [-0.05, 0) is 37.9 Å². The number of rotatable bonds is 5. The molecule has 4 nitrogen and oxygen atoms in total. The van der Waals surface area contributed by atoms with Crippen molar-refractivity contribution in [2.45, 2.75) is 6.04 Å². The average molecular weight is 342 g/mol. The third kappa shape index (κ3) is 3.61. The Hall–Kier alpha value is -2.30. The maximum absolute atomic E-state index is 12.5. The number of H-pyrrole nitrogens is 1. The van der Waals surface area contributed by atoms with E-state index >= 15 is 0 Å². The molecule has 0 bridgehead atoms. The predicted molar refractivity (Wildman–Crippen MR) is 98.5 cm³/mol.